The molecule has 8 aromatic carbocycles. The van der Waals surface area contributed by atoms with Crippen LogP contribution in [0.2, 0.25) is 0 Å². The zero-order valence-electron chi connectivity index (χ0n) is 42.2. The second-order valence-corrected chi connectivity index (χ2v) is 18.7. The molecule has 8 aromatic rings. The van der Waals surface area contributed by atoms with Crippen molar-refractivity contribution in [1.29, 1.82) is 0 Å². The van der Waals surface area contributed by atoms with Crippen molar-refractivity contribution in [2.45, 2.75) is 76.2 Å². The average Bonchev–Trinajstić information content (AvgIpc) is 3.91. The molecule has 0 amide bonds. The van der Waals surface area contributed by atoms with Gasteiger partial charge in [0.15, 0.2) is 11.1 Å². The molecule has 0 aliphatic carbocycles. The first kappa shape index (κ1) is 54.1. The average molecular weight is 1020 g/mol. The summed E-state index contributed by atoms with van der Waals surface area (Å²) in [6, 6.07) is 80.1. The van der Waals surface area contributed by atoms with E-state index in [0.717, 1.165) is 56.2 Å². The molecule has 6 atom stereocenters. The number of esters is 2. The highest BCUT2D eigenvalue weighted by Gasteiger charge is 2.54. The van der Waals surface area contributed by atoms with E-state index >= 15 is 0 Å². The number of amidine groups is 2. The standard InChI is InChI=1S/2C32H30N2O2.2H2S/c2*1-24(26-17-9-4-10-18-26)36-31(35)32(2)29(27-19-11-5-12-20-27)34(23-25-15-7-3-8-16-25)30(33-32)28-21-13-6-14-22-28;;/h2*3-22,24,29H,23H2,1-2H3;2*1H2/t24-,29+,32+;24-,29-,32-;;/m11../s1. The third-order valence-electron chi connectivity index (χ3n) is 13.5. The number of aliphatic imine (C=N–C) groups is 2. The van der Waals surface area contributed by atoms with Gasteiger partial charge in [-0.2, -0.15) is 27.0 Å². The fraction of sp³-hybridized carbons (Fsp3) is 0.188. The van der Waals surface area contributed by atoms with Gasteiger partial charge in [-0.25, -0.2) is 19.6 Å². The first-order valence-corrected chi connectivity index (χ1v) is 24.7. The number of carbonyl (C=O) groups is 2. The third kappa shape index (κ3) is 12.1. The maximum atomic E-state index is 14.0. The maximum absolute atomic E-state index is 14.0. The summed E-state index contributed by atoms with van der Waals surface area (Å²) in [5, 5.41) is 0. The molecule has 8 nitrogen and oxygen atoms in total. The second kappa shape index (κ2) is 24.8. The Labute approximate surface area is 450 Å². The minimum absolute atomic E-state index is 0. The molecular formula is C64H64N4O4S2. The largest absolute Gasteiger partial charge is 0.456 e. The molecule has 0 saturated heterocycles. The molecule has 10 rings (SSSR count). The van der Waals surface area contributed by atoms with Crippen LogP contribution in [0.25, 0.3) is 0 Å². The lowest BCUT2D eigenvalue weighted by molar-refractivity contribution is -0.157. The normalized spacial score (nSPS) is 19.5. The molecule has 10 heteroatoms. The van der Waals surface area contributed by atoms with Gasteiger partial charge in [0.1, 0.15) is 23.9 Å². The molecule has 0 N–H and O–H groups in total. The quantitative estimate of drug-likeness (QED) is 0.101. The molecule has 2 aliphatic rings. The monoisotopic (exact) mass is 1020 g/mol. The van der Waals surface area contributed by atoms with E-state index in [0.29, 0.717) is 13.1 Å². The van der Waals surface area contributed by atoms with E-state index in [1.165, 1.54) is 0 Å². The predicted molar refractivity (Wildman–Crippen MR) is 308 cm³/mol. The van der Waals surface area contributed by atoms with E-state index < -0.39 is 11.1 Å². The fourth-order valence-corrected chi connectivity index (χ4v) is 9.81. The van der Waals surface area contributed by atoms with Crippen LogP contribution in [0.15, 0.2) is 253 Å². The molecule has 0 aromatic heterocycles. The van der Waals surface area contributed by atoms with E-state index in [1.54, 1.807) is 0 Å². The third-order valence-corrected chi connectivity index (χ3v) is 13.5. The number of benzene rings is 8. The van der Waals surface area contributed by atoms with E-state index in [2.05, 4.69) is 58.3 Å². The van der Waals surface area contributed by atoms with Crippen LogP contribution in [-0.2, 0) is 32.2 Å². The number of hydrogen-bond donors (Lipinski definition) is 0. The topological polar surface area (TPSA) is 83.8 Å². The Kier molecular flexibility index (Phi) is 18.2. The molecule has 2 aliphatic heterocycles. The first-order chi connectivity index (χ1) is 35.1. The summed E-state index contributed by atoms with van der Waals surface area (Å²) in [4.78, 5) is 42.7. The summed E-state index contributed by atoms with van der Waals surface area (Å²) in [5.41, 5.74) is 5.94. The van der Waals surface area contributed by atoms with E-state index in [1.807, 2.05) is 222 Å². The minimum Gasteiger partial charge on any atom is -0.456 e. The van der Waals surface area contributed by atoms with Gasteiger partial charge in [-0.3, -0.25) is 0 Å². The van der Waals surface area contributed by atoms with Gasteiger partial charge in [-0.05, 0) is 61.1 Å². The highest BCUT2D eigenvalue weighted by molar-refractivity contribution is 7.59. The minimum atomic E-state index is -1.13. The fourth-order valence-electron chi connectivity index (χ4n) is 9.81. The van der Waals surface area contributed by atoms with Crippen LogP contribution in [0.3, 0.4) is 0 Å². The Hall–Kier alpha value is -7.66. The zero-order valence-corrected chi connectivity index (χ0v) is 44.2. The lowest BCUT2D eigenvalue weighted by Gasteiger charge is -2.35. The summed E-state index contributed by atoms with van der Waals surface area (Å²) in [6.07, 6.45) is -0.768. The molecule has 0 unspecified atom stereocenters. The van der Waals surface area contributed by atoms with Crippen LogP contribution in [0, 0.1) is 0 Å². The molecule has 0 bridgehead atoms. The molecule has 376 valence electrons. The van der Waals surface area contributed by atoms with Gasteiger partial charge < -0.3 is 19.3 Å². The molecule has 0 saturated carbocycles. The SMILES string of the molecule is C[C@@H](OC(=O)[C@@]1(C)N=C(c2ccccc2)N(Cc2ccccc2)[C@H]1c1ccccc1)c1ccccc1.C[C@@H](OC(=O)[C@]1(C)N=C(c2ccccc2)N(Cc2ccccc2)[C@@H]1c1ccccc1)c1ccccc1.S.S. The van der Waals surface area contributed by atoms with E-state index in [9.17, 15) is 9.59 Å². The van der Waals surface area contributed by atoms with Gasteiger partial charge in [-0.15, -0.1) is 0 Å². The highest BCUT2D eigenvalue weighted by atomic mass is 32.1. The summed E-state index contributed by atoms with van der Waals surface area (Å²) in [5.74, 6) is 0.911. The van der Waals surface area contributed by atoms with Crippen molar-refractivity contribution >= 4 is 50.6 Å². The van der Waals surface area contributed by atoms with Crippen LogP contribution in [0.1, 0.15) is 96.5 Å². The Bertz CT molecular complexity index is 2870. The summed E-state index contributed by atoms with van der Waals surface area (Å²) in [6.45, 7) is 8.85. The van der Waals surface area contributed by atoms with E-state index in [4.69, 9.17) is 19.5 Å². The van der Waals surface area contributed by atoms with Crippen LogP contribution >= 0.6 is 27.0 Å². The first-order valence-electron chi connectivity index (χ1n) is 24.7. The zero-order chi connectivity index (χ0) is 49.9. The van der Waals surface area contributed by atoms with Crippen LogP contribution in [-0.4, -0.2) is 44.5 Å². The van der Waals surface area contributed by atoms with Crippen molar-refractivity contribution in [3.63, 3.8) is 0 Å². The van der Waals surface area contributed by atoms with Gasteiger partial charge in [0.25, 0.3) is 0 Å². The second-order valence-electron chi connectivity index (χ2n) is 18.7. The Morgan fingerprint density at radius 2 is 0.676 bits per heavy atom. The van der Waals surface area contributed by atoms with Crippen molar-refractivity contribution in [2.75, 3.05) is 0 Å². The van der Waals surface area contributed by atoms with Gasteiger partial charge in [0.05, 0.1) is 12.1 Å². The molecule has 2 heterocycles. The highest BCUT2D eigenvalue weighted by Crippen LogP contribution is 2.46. The molecule has 0 radical (unpaired) electrons. The lowest BCUT2D eigenvalue weighted by atomic mass is 9.87. The van der Waals surface area contributed by atoms with Crippen LogP contribution < -0.4 is 0 Å². The number of nitrogens with zero attached hydrogens (tertiary/aromatic N) is 4. The van der Waals surface area contributed by atoms with Crippen molar-refractivity contribution < 1.29 is 19.1 Å². The van der Waals surface area contributed by atoms with E-state index in [-0.39, 0.29) is 63.2 Å². The van der Waals surface area contributed by atoms with Crippen molar-refractivity contribution in [2.24, 2.45) is 9.98 Å². The van der Waals surface area contributed by atoms with Gasteiger partial charge in [0, 0.05) is 24.2 Å². The number of carbonyl (C=O) groups excluding carboxylic acids is 2. The number of ether oxygens (including phenoxy) is 2. The van der Waals surface area contributed by atoms with Crippen LogP contribution in [0.4, 0.5) is 0 Å². The Balaban J connectivity index is 0.000000211. The maximum Gasteiger partial charge on any atom is 0.336 e. The summed E-state index contributed by atoms with van der Waals surface area (Å²) < 4.78 is 12.2. The molecule has 0 fully saturated rings. The Morgan fingerprint density at radius 3 is 0.973 bits per heavy atom. The van der Waals surface area contributed by atoms with Crippen molar-refractivity contribution in [3.05, 3.63) is 287 Å². The van der Waals surface area contributed by atoms with Crippen molar-refractivity contribution in [1.82, 2.24) is 9.80 Å². The molecule has 74 heavy (non-hydrogen) atoms. The number of hydrogen-bond acceptors (Lipinski definition) is 8. The predicted octanol–water partition coefficient (Wildman–Crippen LogP) is 13.7. The lowest BCUT2D eigenvalue weighted by Crippen LogP contribution is -2.44. The molecular weight excluding hydrogens is 953 g/mol. The van der Waals surface area contributed by atoms with Gasteiger partial charge in [-0.1, -0.05) is 243 Å². The Morgan fingerprint density at radius 1 is 0.419 bits per heavy atom. The van der Waals surface area contributed by atoms with Gasteiger partial charge >= 0.3 is 11.9 Å². The van der Waals surface area contributed by atoms with Crippen LogP contribution in [0.5, 0.6) is 0 Å². The smallest absolute Gasteiger partial charge is 0.336 e. The summed E-state index contributed by atoms with van der Waals surface area (Å²) >= 11 is 0. The summed E-state index contributed by atoms with van der Waals surface area (Å²) in [7, 11) is 0. The van der Waals surface area contributed by atoms with Gasteiger partial charge in [0.2, 0.25) is 0 Å². The van der Waals surface area contributed by atoms with Crippen molar-refractivity contribution in [3.8, 4) is 0 Å². The molecule has 0 spiro atoms. The number of rotatable bonds is 14.